The lowest BCUT2D eigenvalue weighted by atomic mass is 9.81. The van der Waals surface area contributed by atoms with Crippen molar-refractivity contribution in [3.05, 3.63) is 0 Å². The molecule has 0 radical (unpaired) electrons. The summed E-state index contributed by atoms with van der Waals surface area (Å²) in [6, 6.07) is -0.682. The largest absolute Gasteiger partial charge is 0.481 e. The first-order chi connectivity index (χ1) is 6.94. The minimum absolute atomic E-state index is 0.362. The molecule has 0 spiro atoms. The number of halogens is 3. The van der Waals surface area contributed by atoms with Gasteiger partial charge in [-0.1, -0.05) is 20.8 Å². The highest BCUT2D eigenvalue weighted by atomic mass is 19.4. The fourth-order valence-electron chi connectivity index (χ4n) is 1.20. The third kappa shape index (κ3) is 5.34. The van der Waals surface area contributed by atoms with Crippen molar-refractivity contribution in [3.8, 4) is 0 Å². The number of hydrogen-bond donors (Lipinski definition) is 2. The Kier molecular flexibility index (Phi) is 4.79. The van der Waals surface area contributed by atoms with Gasteiger partial charge in [0, 0.05) is 6.04 Å². The number of aliphatic carboxylic acids is 1. The van der Waals surface area contributed by atoms with Gasteiger partial charge in [0.05, 0.1) is 12.3 Å². The van der Waals surface area contributed by atoms with Gasteiger partial charge in [-0.3, -0.25) is 4.79 Å². The molecule has 3 N–H and O–H groups in total. The van der Waals surface area contributed by atoms with Crippen LogP contribution in [-0.4, -0.2) is 23.3 Å². The maximum Gasteiger partial charge on any atom is 0.392 e. The van der Waals surface area contributed by atoms with Gasteiger partial charge >= 0.3 is 12.1 Å². The lowest BCUT2D eigenvalue weighted by molar-refractivity contribution is -0.186. The van der Waals surface area contributed by atoms with E-state index in [0.29, 0.717) is 0 Å². The summed E-state index contributed by atoms with van der Waals surface area (Å²) in [7, 11) is 0. The number of alkyl halides is 3. The summed E-state index contributed by atoms with van der Waals surface area (Å²) in [4.78, 5) is 10.3. The van der Waals surface area contributed by atoms with Crippen LogP contribution in [0.15, 0.2) is 0 Å². The third-order valence-electron chi connectivity index (χ3n) is 2.53. The van der Waals surface area contributed by atoms with Crippen LogP contribution < -0.4 is 5.73 Å². The molecular weight excluding hydrogens is 223 g/mol. The Balaban J connectivity index is 4.62. The van der Waals surface area contributed by atoms with E-state index in [-0.39, 0.29) is 6.42 Å². The molecule has 0 aromatic rings. The van der Waals surface area contributed by atoms with Gasteiger partial charge in [0.15, 0.2) is 0 Å². The normalized spacial score (nSPS) is 16.9. The first-order valence-corrected chi connectivity index (χ1v) is 4.98. The Morgan fingerprint density at radius 2 is 1.75 bits per heavy atom. The molecule has 0 heterocycles. The lowest BCUT2D eigenvalue weighted by Gasteiger charge is -2.30. The van der Waals surface area contributed by atoms with E-state index < -0.39 is 35.9 Å². The van der Waals surface area contributed by atoms with Gasteiger partial charge in [-0.25, -0.2) is 0 Å². The van der Waals surface area contributed by atoms with E-state index in [1.165, 1.54) is 0 Å². The molecule has 0 bridgehead atoms. The van der Waals surface area contributed by atoms with Gasteiger partial charge in [-0.2, -0.15) is 13.2 Å². The molecule has 0 aromatic carbocycles. The average Bonchev–Trinajstić information content (AvgIpc) is 1.98. The van der Waals surface area contributed by atoms with Crippen molar-refractivity contribution in [3.63, 3.8) is 0 Å². The Hall–Kier alpha value is -0.780. The molecule has 0 unspecified atom stereocenters. The minimum atomic E-state index is -4.51. The predicted molar refractivity (Wildman–Crippen MR) is 53.8 cm³/mol. The van der Waals surface area contributed by atoms with E-state index in [2.05, 4.69) is 0 Å². The van der Waals surface area contributed by atoms with Crippen molar-refractivity contribution < 1.29 is 23.1 Å². The van der Waals surface area contributed by atoms with Crippen LogP contribution >= 0.6 is 0 Å². The summed E-state index contributed by atoms with van der Waals surface area (Å²) >= 11 is 0. The first kappa shape index (κ1) is 15.2. The predicted octanol–water partition coefficient (Wildman–Crippen LogP) is 2.40. The van der Waals surface area contributed by atoms with Crippen molar-refractivity contribution in [2.24, 2.45) is 17.1 Å². The zero-order chi connectivity index (χ0) is 13.1. The Bertz CT molecular complexity index is 245. The van der Waals surface area contributed by atoms with E-state index in [4.69, 9.17) is 10.8 Å². The van der Waals surface area contributed by atoms with E-state index in [9.17, 15) is 18.0 Å². The smallest absolute Gasteiger partial charge is 0.392 e. The molecule has 0 fully saturated rings. The maximum atomic E-state index is 12.5. The van der Waals surface area contributed by atoms with Crippen molar-refractivity contribution >= 4 is 5.97 Å². The Morgan fingerprint density at radius 3 is 2.00 bits per heavy atom. The van der Waals surface area contributed by atoms with Gasteiger partial charge in [-0.05, 0) is 11.8 Å². The molecule has 0 rings (SSSR count). The van der Waals surface area contributed by atoms with Crippen LogP contribution in [-0.2, 0) is 4.79 Å². The average molecular weight is 241 g/mol. The topological polar surface area (TPSA) is 63.3 Å². The zero-order valence-corrected chi connectivity index (χ0v) is 9.64. The van der Waals surface area contributed by atoms with Gasteiger partial charge in [-0.15, -0.1) is 0 Å². The molecule has 2 atom stereocenters. The van der Waals surface area contributed by atoms with Crippen LogP contribution in [0.3, 0.4) is 0 Å². The molecule has 16 heavy (non-hydrogen) atoms. The highest BCUT2D eigenvalue weighted by Crippen LogP contribution is 2.35. The molecule has 3 nitrogen and oxygen atoms in total. The minimum Gasteiger partial charge on any atom is -0.481 e. The highest BCUT2D eigenvalue weighted by Gasteiger charge is 2.42. The van der Waals surface area contributed by atoms with Crippen LogP contribution in [0.2, 0.25) is 0 Å². The number of carboxylic acids is 1. The summed E-state index contributed by atoms with van der Waals surface area (Å²) in [6.07, 6.45) is -5.80. The number of rotatable bonds is 4. The standard InChI is InChI=1S/C10H18F3NO2/c1-9(2,3)7(14)4-6(5-8(15)16)10(11,12)13/h6-7H,4-5,14H2,1-3H3,(H,15,16)/t6-,7-/m0/s1. The molecular formula is C10H18F3NO2. The second kappa shape index (κ2) is 5.03. The van der Waals surface area contributed by atoms with Gasteiger partial charge < -0.3 is 10.8 Å². The summed E-state index contributed by atoms with van der Waals surface area (Å²) in [5, 5.41) is 8.42. The molecule has 0 saturated heterocycles. The Morgan fingerprint density at radius 1 is 1.31 bits per heavy atom. The number of nitrogens with two attached hydrogens (primary N) is 1. The summed E-state index contributed by atoms with van der Waals surface area (Å²) < 4.78 is 37.5. The molecule has 0 aliphatic heterocycles. The Labute approximate surface area is 92.8 Å². The second-order valence-electron chi connectivity index (χ2n) is 5.04. The number of carboxylic acid groups (broad SMARTS) is 1. The zero-order valence-electron chi connectivity index (χ0n) is 9.64. The van der Waals surface area contributed by atoms with E-state index in [0.717, 1.165) is 0 Å². The van der Waals surface area contributed by atoms with Crippen LogP contribution in [0.1, 0.15) is 33.6 Å². The van der Waals surface area contributed by atoms with Gasteiger partial charge in [0.2, 0.25) is 0 Å². The first-order valence-electron chi connectivity index (χ1n) is 4.98. The quantitative estimate of drug-likeness (QED) is 0.794. The SMILES string of the molecule is CC(C)(C)[C@@H](N)C[C@@H](CC(=O)O)C(F)(F)F. The summed E-state index contributed by atoms with van der Waals surface area (Å²) in [6.45, 7) is 5.18. The molecule has 0 saturated carbocycles. The molecule has 0 aliphatic rings. The monoisotopic (exact) mass is 241 g/mol. The number of hydrogen-bond acceptors (Lipinski definition) is 2. The molecule has 6 heteroatoms. The van der Waals surface area contributed by atoms with Crippen LogP contribution in [0.5, 0.6) is 0 Å². The van der Waals surface area contributed by atoms with Crippen LogP contribution in [0.4, 0.5) is 13.2 Å². The van der Waals surface area contributed by atoms with E-state index in [1.807, 2.05) is 0 Å². The van der Waals surface area contributed by atoms with Crippen LogP contribution in [0.25, 0.3) is 0 Å². The van der Waals surface area contributed by atoms with Crippen molar-refractivity contribution in [1.82, 2.24) is 0 Å². The third-order valence-corrected chi connectivity index (χ3v) is 2.53. The summed E-state index contributed by atoms with van der Waals surface area (Å²) in [5.41, 5.74) is 5.16. The lowest BCUT2D eigenvalue weighted by Crippen LogP contribution is -2.40. The van der Waals surface area contributed by atoms with Gasteiger partial charge in [0.1, 0.15) is 0 Å². The molecule has 0 amide bonds. The number of carbonyl (C=O) groups is 1. The fraction of sp³-hybridized carbons (Fsp3) is 0.900. The highest BCUT2D eigenvalue weighted by molar-refractivity contribution is 5.67. The van der Waals surface area contributed by atoms with Crippen molar-refractivity contribution in [1.29, 1.82) is 0 Å². The fourth-order valence-corrected chi connectivity index (χ4v) is 1.20. The second-order valence-corrected chi connectivity index (χ2v) is 5.04. The van der Waals surface area contributed by atoms with Crippen LogP contribution in [0, 0.1) is 11.3 Å². The molecule has 0 aliphatic carbocycles. The van der Waals surface area contributed by atoms with Crippen molar-refractivity contribution in [2.45, 2.75) is 45.8 Å². The van der Waals surface area contributed by atoms with E-state index in [1.54, 1.807) is 20.8 Å². The van der Waals surface area contributed by atoms with Crippen molar-refractivity contribution in [2.75, 3.05) is 0 Å². The molecule has 96 valence electrons. The van der Waals surface area contributed by atoms with Gasteiger partial charge in [0.25, 0.3) is 0 Å². The molecule has 0 aromatic heterocycles. The van der Waals surface area contributed by atoms with E-state index >= 15 is 0 Å². The maximum absolute atomic E-state index is 12.5. The summed E-state index contributed by atoms with van der Waals surface area (Å²) in [5.74, 6) is -3.33.